The SMILES string of the molecule is CCN(C(=O)c1cc(Cl)ccc1O)C(C)(C)C(=O)O. The van der Waals surface area contributed by atoms with E-state index < -0.39 is 17.4 Å². The molecule has 5 nitrogen and oxygen atoms in total. The van der Waals surface area contributed by atoms with Gasteiger partial charge in [-0.05, 0) is 39.0 Å². The van der Waals surface area contributed by atoms with Crippen molar-refractivity contribution in [2.45, 2.75) is 26.3 Å². The average molecular weight is 286 g/mol. The van der Waals surface area contributed by atoms with Crippen LogP contribution >= 0.6 is 11.6 Å². The summed E-state index contributed by atoms with van der Waals surface area (Å²) in [7, 11) is 0. The first-order valence-electron chi connectivity index (χ1n) is 5.75. The van der Waals surface area contributed by atoms with Gasteiger partial charge in [-0.25, -0.2) is 4.79 Å². The standard InChI is InChI=1S/C13H16ClNO4/c1-4-15(13(2,3)12(18)19)11(17)9-7-8(14)5-6-10(9)16/h5-7,16H,4H2,1-3H3,(H,18,19). The van der Waals surface area contributed by atoms with Crippen LogP contribution < -0.4 is 0 Å². The second-order valence-corrected chi connectivity index (χ2v) is 5.01. The zero-order valence-corrected chi connectivity index (χ0v) is 11.7. The minimum atomic E-state index is -1.37. The van der Waals surface area contributed by atoms with E-state index in [9.17, 15) is 19.8 Å². The third kappa shape index (κ3) is 2.98. The van der Waals surface area contributed by atoms with Gasteiger partial charge in [0.05, 0.1) is 5.56 Å². The fraction of sp³-hybridized carbons (Fsp3) is 0.385. The van der Waals surface area contributed by atoms with Crippen molar-refractivity contribution in [1.29, 1.82) is 0 Å². The Morgan fingerprint density at radius 1 is 1.37 bits per heavy atom. The highest BCUT2D eigenvalue weighted by atomic mass is 35.5. The van der Waals surface area contributed by atoms with Crippen molar-refractivity contribution < 1.29 is 19.8 Å². The molecule has 0 spiro atoms. The lowest BCUT2D eigenvalue weighted by Gasteiger charge is -2.34. The maximum absolute atomic E-state index is 12.3. The number of phenols is 1. The predicted octanol–water partition coefficient (Wildman–Crippen LogP) is 2.37. The van der Waals surface area contributed by atoms with E-state index in [1.807, 2.05) is 0 Å². The molecular weight excluding hydrogens is 270 g/mol. The smallest absolute Gasteiger partial charge is 0.329 e. The van der Waals surface area contributed by atoms with E-state index in [1.165, 1.54) is 36.9 Å². The summed E-state index contributed by atoms with van der Waals surface area (Å²) in [6.07, 6.45) is 0. The highest BCUT2D eigenvalue weighted by Gasteiger charge is 2.37. The van der Waals surface area contributed by atoms with Crippen LogP contribution in [-0.4, -0.2) is 39.1 Å². The third-order valence-corrected chi connectivity index (χ3v) is 3.18. The number of nitrogens with zero attached hydrogens (tertiary/aromatic N) is 1. The lowest BCUT2D eigenvalue weighted by atomic mass is 10.0. The van der Waals surface area contributed by atoms with Crippen LogP contribution in [0.3, 0.4) is 0 Å². The van der Waals surface area contributed by atoms with Crippen LogP contribution in [0.4, 0.5) is 0 Å². The average Bonchev–Trinajstić information content (AvgIpc) is 2.32. The van der Waals surface area contributed by atoms with Gasteiger partial charge in [-0.1, -0.05) is 11.6 Å². The largest absolute Gasteiger partial charge is 0.507 e. The molecule has 0 heterocycles. The second kappa shape index (κ2) is 5.48. The minimum Gasteiger partial charge on any atom is -0.507 e. The number of carboxylic acids is 1. The summed E-state index contributed by atoms with van der Waals surface area (Å²) >= 11 is 5.79. The van der Waals surface area contributed by atoms with Gasteiger partial charge in [0.2, 0.25) is 0 Å². The number of hydrogen-bond donors (Lipinski definition) is 2. The number of aromatic hydroxyl groups is 1. The van der Waals surface area contributed by atoms with Gasteiger partial charge >= 0.3 is 5.97 Å². The summed E-state index contributed by atoms with van der Waals surface area (Å²) in [5.41, 5.74) is -1.38. The maximum Gasteiger partial charge on any atom is 0.329 e. The number of hydrogen-bond acceptors (Lipinski definition) is 3. The van der Waals surface area contributed by atoms with Crippen molar-refractivity contribution in [3.8, 4) is 5.75 Å². The van der Waals surface area contributed by atoms with Gasteiger partial charge in [0.15, 0.2) is 0 Å². The lowest BCUT2D eigenvalue weighted by Crippen LogP contribution is -2.52. The van der Waals surface area contributed by atoms with Gasteiger partial charge in [-0.2, -0.15) is 0 Å². The number of rotatable bonds is 4. The van der Waals surface area contributed by atoms with E-state index in [2.05, 4.69) is 0 Å². The molecule has 1 amide bonds. The van der Waals surface area contributed by atoms with Crippen molar-refractivity contribution in [2.24, 2.45) is 0 Å². The zero-order chi connectivity index (χ0) is 14.8. The fourth-order valence-electron chi connectivity index (χ4n) is 1.73. The number of amides is 1. The van der Waals surface area contributed by atoms with Crippen LogP contribution in [0.15, 0.2) is 18.2 Å². The first-order chi connectivity index (χ1) is 8.71. The number of halogens is 1. The van der Waals surface area contributed by atoms with Crippen LogP contribution in [0.1, 0.15) is 31.1 Å². The quantitative estimate of drug-likeness (QED) is 0.890. The Labute approximate surface area is 116 Å². The van der Waals surface area contributed by atoms with E-state index in [0.717, 1.165) is 0 Å². The number of carboxylic acid groups (broad SMARTS) is 1. The topological polar surface area (TPSA) is 77.8 Å². The Balaban J connectivity index is 3.23. The Morgan fingerprint density at radius 2 is 1.95 bits per heavy atom. The van der Waals surface area contributed by atoms with Crippen molar-refractivity contribution in [1.82, 2.24) is 4.90 Å². The van der Waals surface area contributed by atoms with Crippen molar-refractivity contribution >= 4 is 23.5 Å². The molecule has 0 aliphatic carbocycles. The Hall–Kier alpha value is -1.75. The number of likely N-dealkylation sites (N-methyl/N-ethyl adjacent to an activating group) is 1. The molecule has 104 valence electrons. The molecule has 6 heteroatoms. The van der Waals surface area contributed by atoms with Crippen LogP contribution in [0, 0.1) is 0 Å². The molecule has 0 radical (unpaired) electrons. The first kappa shape index (κ1) is 15.3. The molecule has 1 aromatic rings. The Bertz CT molecular complexity index is 513. The van der Waals surface area contributed by atoms with Crippen LogP contribution in [0.2, 0.25) is 5.02 Å². The van der Waals surface area contributed by atoms with Crippen molar-refractivity contribution in [3.05, 3.63) is 28.8 Å². The number of benzene rings is 1. The highest BCUT2D eigenvalue weighted by Crippen LogP contribution is 2.26. The lowest BCUT2D eigenvalue weighted by molar-refractivity contribution is -0.147. The first-order valence-corrected chi connectivity index (χ1v) is 6.13. The molecule has 0 bridgehead atoms. The summed E-state index contributed by atoms with van der Waals surface area (Å²) in [5, 5.41) is 19.2. The van der Waals surface area contributed by atoms with Gasteiger partial charge in [0.1, 0.15) is 11.3 Å². The molecule has 0 saturated heterocycles. The van der Waals surface area contributed by atoms with E-state index >= 15 is 0 Å². The summed E-state index contributed by atoms with van der Waals surface area (Å²) in [4.78, 5) is 24.7. The molecule has 0 atom stereocenters. The molecule has 0 aromatic heterocycles. The van der Waals surface area contributed by atoms with E-state index in [-0.39, 0.29) is 17.9 Å². The van der Waals surface area contributed by atoms with E-state index in [0.29, 0.717) is 5.02 Å². The summed E-state index contributed by atoms with van der Waals surface area (Å²) in [6.45, 7) is 4.73. The van der Waals surface area contributed by atoms with Gasteiger partial charge in [-0.3, -0.25) is 4.79 Å². The number of carbonyl (C=O) groups excluding carboxylic acids is 1. The highest BCUT2D eigenvalue weighted by molar-refractivity contribution is 6.31. The Kier molecular flexibility index (Phi) is 4.42. The predicted molar refractivity (Wildman–Crippen MR) is 71.5 cm³/mol. The molecule has 0 aliphatic heterocycles. The fourth-order valence-corrected chi connectivity index (χ4v) is 1.91. The second-order valence-electron chi connectivity index (χ2n) is 4.58. The molecule has 1 aromatic carbocycles. The summed E-state index contributed by atoms with van der Waals surface area (Å²) in [6, 6.07) is 4.07. The maximum atomic E-state index is 12.3. The molecule has 19 heavy (non-hydrogen) atoms. The van der Waals surface area contributed by atoms with Gasteiger partial charge < -0.3 is 15.1 Å². The molecule has 0 aliphatic rings. The molecule has 0 fully saturated rings. The zero-order valence-electron chi connectivity index (χ0n) is 11.0. The molecular formula is C13H16ClNO4. The Morgan fingerprint density at radius 3 is 2.42 bits per heavy atom. The molecule has 1 rings (SSSR count). The van der Waals surface area contributed by atoms with Crippen LogP contribution in [0.25, 0.3) is 0 Å². The summed E-state index contributed by atoms with van der Waals surface area (Å²) < 4.78 is 0. The van der Waals surface area contributed by atoms with Crippen LogP contribution in [0.5, 0.6) is 5.75 Å². The van der Waals surface area contributed by atoms with Gasteiger partial charge in [0, 0.05) is 11.6 Å². The summed E-state index contributed by atoms with van der Waals surface area (Å²) in [5.74, 6) is -1.92. The number of aliphatic carboxylic acids is 1. The van der Waals surface area contributed by atoms with Crippen LogP contribution in [-0.2, 0) is 4.79 Å². The molecule has 0 unspecified atom stereocenters. The number of phenolic OH excluding ortho intramolecular Hbond substituents is 1. The van der Waals surface area contributed by atoms with Gasteiger partial charge in [0.25, 0.3) is 5.91 Å². The van der Waals surface area contributed by atoms with E-state index in [4.69, 9.17) is 11.6 Å². The monoisotopic (exact) mass is 285 g/mol. The van der Waals surface area contributed by atoms with Gasteiger partial charge in [-0.15, -0.1) is 0 Å². The van der Waals surface area contributed by atoms with Crippen molar-refractivity contribution in [2.75, 3.05) is 6.54 Å². The number of carbonyl (C=O) groups is 2. The molecule has 0 saturated carbocycles. The van der Waals surface area contributed by atoms with Crippen molar-refractivity contribution in [3.63, 3.8) is 0 Å². The minimum absolute atomic E-state index is 0.0105. The molecule has 2 N–H and O–H groups in total. The van der Waals surface area contributed by atoms with E-state index in [1.54, 1.807) is 6.92 Å². The normalized spacial score (nSPS) is 11.2. The third-order valence-electron chi connectivity index (χ3n) is 2.95.